The summed E-state index contributed by atoms with van der Waals surface area (Å²) in [5.74, 6) is 0. The molecule has 1 nitrogen and oxygen atoms in total. The van der Waals surface area contributed by atoms with Crippen LogP contribution < -0.4 is 0 Å². The zero-order chi connectivity index (χ0) is 8.85. The molecule has 11 heavy (non-hydrogen) atoms. The van der Waals surface area contributed by atoms with Gasteiger partial charge in [-0.2, -0.15) is 0 Å². The number of hydrogen-bond acceptors (Lipinski definition) is 1. The average molecular weight is 213 g/mol. The first-order chi connectivity index (χ1) is 5.17. The molecule has 0 aliphatic rings. The molecule has 0 aromatic carbocycles. The lowest BCUT2D eigenvalue weighted by molar-refractivity contribution is -0.104. The van der Waals surface area contributed by atoms with Gasteiger partial charge in [-0.05, 0) is 13.3 Å². The minimum Gasteiger partial charge on any atom is -0.298 e. The van der Waals surface area contributed by atoms with Crippen LogP contribution in [0, 0.1) is 0 Å². The molecular formula is C8H10BBrO. The SMILES string of the molecule is [B]/C(CC)=C(C=O)/C(Br)=C\C. The molecule has 0 saturated carbocycles. The van der Waals surface area contributed by atoms with E-state index in [1.165, 1.54) is 0 Å². The van der Waals surface area contributed by atoms with Crippen molar-refractivity contribution >= 4 is 30.1 Å². The van der Waals surface area contributed by atoms with Crippen LogP contribution in [0.5, 0.6) is 0 Å². The molecule has 0 amide bonds. The summed E-state index contributed by atoms with van der Waals surface area (Å²) in [6.07, 6.45) is 3.26. The van der Waals surface area contributed by atoms with Crippen LogP contribution in [0.4, 0.5) is 0 Å². The van der Waals surface area contributed by atoms with Crippen molar-refractivity contribution in [3.8, 4) is 0 Å². The highest BCUT2D eigenvalue weighted by molar-refractivity contribution is 9.12. The van der Waals surface area contributed by atoms with Crippen LogP contribution in [0.15, 0.2) is 21.6 Å². The molecule has 58 valence electrons. The van der Waals surface area contributed by atoms with E-state index in [4.69, 9.17) is 7.85 Å². The van der Waals surface area contributed by atoms with Gasteiger partial charge in [0.2, 0.25) is 0 Å². The van der Waals surface area contributed by atoms with Crippen molar-refractivity contribution in [2.45, 2.75) is 20.3 Å². The molecule has 0 spiro atoms. The lowest BCUT2D eigenvalue weighted by Crippen LogP contribution is -1.92. The number of carbonyl (C=O) groups is 1. The van der Waals surface area contributed by atoms with Crippen molar-refractivity contribution in [3.63, 3.8) is 0 Å². The Kier molecular flexibility index (Phi) is 5.21. The molecule has 0 aliphatic carbocycles. The molecule has 0 aromatic rings. The van der Waals surface area contributed by atoms with E-state index in [-0.39, 0.29) is 0 Å². The second kappa shape index (κ2) is 5.36. The zero-order valence-electron chi connectivity index (χ0n) is 6.73. The summed E-state index contributed by atoms with van der Waals surface area (Å²) in [5.41, 5.74) is 1.17. The van der Waals surface area contributed by atoms with Gasteiger partial charge in [0, 0.05) is 10.1 Å². The Morgan fingerprint density at radius 1 is 1.64 bits per heavy atom. The Labute approximate surface area is 77.1 Å². The van der Waals surface area contributed by atoms with Crippen LogP contribution in [-0.4, -0.2) is 14.1 Å². The van der Waals surface area contributed by atoms with E-state index in [0.717, 1.165) is 10.8 Å². The van der Waals surface area contributed by atoms with Gasteiger partial charge in [-0.1, -0.05) is 28.9 Å². The van der Waals surface area contributed by atoms with Crippen molar-refractivity contribution in [1.29, 1.82) is 0 Å². The van der Waals surface area contributed by atoms with Crippen molar-refractivity contribution in [1.82, 2.24) is 0 Å². The van der Waals surface area contributed by atoms with Crippen LogP contribution in [0.3, 0.4) is 0 Å². The normalized spacial score (nSPS) is 14.3. The van der Waals surface area contributed by atoms with Gasteiger partial charge >= 0.3 is 0 Å². The van der Waals surface area contributed by atoms with E-state index in [0.29, 0.717) is 17.5 Å². The highest BCUT2D eigenvalue weighted by atomic mass is 79.9. The Hall–Kier alpha value is -0.305. The molecule has 0 N–H and O–H groups in total. The zero-order valence-corrected chi connectivity index (χ0v) is 8.31. The minimum absolute atomic E-state index is 0.551. The van der Waals surface area contributed by atoms with E-state index >= 15 is 0 Å². The van der Waals surface area contributed by atoms with Crippen LogP contribution >= 0.6 is 15.9 Å². The van der Waals surface area contributed by atoms with Crippen LogP contribution in [0.1, 0.15) is 20.3 Å². The summed E-state index contributed by atoms with van der Waals surface area (Å²) in [6.45, 7) is 3.76. The predicted molar refractivity (Wildman–Crippen MR) is 51.8 cm³/mol. The maximum absolute atomic E-state index is 10.5. The number of halogens is 1. The van der Waals surface area contributed by atoms with Gasteiger partial charge in [0.25, 0.3) is 0 Å². The lowest BCUT2D eigenvalue weighted by atomic mass is 9.88. The second-order valence-corrected chi connectivity index (χ2v) is 2.90. The van der Waals surface area contributed by atoms with Gasteiger partial charge in [0.15, 0.2) is 0 Å². The quantitative estimate of drug-likeness (QED) is 0.304. The molecule has 3 heteroatoms. The summed E-state index contributed by atoms with van der Waals surface area (Å²) >= 11 is 3.24. The van der Waals surface area contributed by atoms with E-state index in [1.807, 2.05) is 13.8 Å². The molecule has 0 saturated heterocycles. The fourth-order valence-corrected chi connectivity index (χ4v) is 0.979. The molecule has 0 fully saturated rings. The summed E-state index contributed by atoms with van der Waals surface area (Å²) in [4.78, 5) is 10.5. The van der Waals surface area contributed by atoms with Gasteiger partial charge in [0.1, 0.15) is 14.1 Å². The summed E-state index contributed by atoms with van der Waals surface area (Å²) in [5, 5.41) is 0. The van der Waals surface area contributed by atoms with Crippen LogP contribution in [0.2, 0.25) is 0 Å². The van der Waals surface area contributed by atoms with E-state index < -0.39 is 0 Å². The Bertz CT molecular complexity index is 206. The standard InChI is InChI=1S/C8H10BBrO/c1-3-7(9)6(5-11)8(10)4-2/h4-5H,3H2,1-2H3/b7-6+,8-4+. The fraction of sp³-hybridized carbons (Fsp3) is 0.375. The molecule has 0 heterocycles. The average Bonchev–Trinajstić information content (AvgIpc) is 2.05. The molecule has 0 rings (SSSR count). The number of aldehydes is 1. The van der Waals surface area contributed by atoms with Gasteiger partial charge in [-0.25, -0.2) is 0 Å². The largest absolute Gasteiger partial charge is 0.298 e. The molecule has 0 unspecified atom stereocenters. The predicted octanol–water partition coefficient (Wildman–Crippen LogP) is 2.32. The van der Waals surface area contributed by atoms with Gasteiger partial charge in [-0.15, -0.1) is 5.47 Å². The number of carbonyl (C=O) groups excluding carboxylic acids is 1. The molecule has 0 bridgehead atoms. The minimum atomic E-state index is 0.551. The maximum atomic E-state index is 10.5. The van der Waals surface area contributed by atoms with E-state index in [1.54, 1.807) is 6.08 Å². The molecule has 2 radical (unpaired) electrons. The molecule has 0 aliphatic heterocycles. The summed E-state index contributed by atoms with van der Waals surface area (Å²) < 4.78 is 0.756. The van der Waals surface area contributed by atoms with E-state index in [9.17, 15) is 4.79 Å². The van der Waals surface area contributed by atoms with Crippen LogP contribution in [-0.2, 0) is 4.79 Å². The highest BCUT2D eigenvalue weighted by Crippen LogP contribution is 2.18. The van der Waals surface area contributed by atoms with Gasteiger partial charge in [0.05, 0.1) is 0 Å². The first kappa shape index (κ1) is 10.7. The molecular weight excluding hydrogens is 203 g/mol. The summed E-state index contributed by atoms with van der Waals surface area (Å²) in [7, 11) is 5.58. The first-order valence-electron chi connectivity index (χ1n) is 3.43. The Morgan fingerprint density at radius 2 is 2.18 bits per heavy atom. The van der Waals surface area contributed by atoms with Crippen LogP contribution in [0.25, 0.3) is 0 Å². The number of hydrogen-bond donors (Lipinski definition) is 0. The van der Waals surface area contributed by atoms with Gasteiger partial charge < -0.3 is 0 Å². The molecule has 0 aromatic heterocycles. The third-order valence-corrected chi connectivity index (χ3v) is 2.24. The topological polar surface area (TPSA) is 17.1 Å². The third-order valence-electron chi connectivity index (χ3n) is 1.36. The van der Waals surface area contributed by atoms with Gasteiger partial charge in [-0.3, -0.25) is 4.79 Å². The monoisotopic (exact) mass is 212 g/mol. The maximum Gasteiger partial charge on any atom is 0.150 e. The Balaban J connectivity index is 4.80. The number of rotatable bonds is 3. The number of allylic oxidation sites excluding steroid dienone is 4. The fourth-order valence-electron chi connectivity index (χ4n) is 0.631. The lowest BCUT2D eigenvalue weighted by Gasteiger charge is -2.02. The Morgan fingerprint density at radius 3 is 2.45 bits per heavy atom. The van der Waals surface area contributed by atoms with Crippen molar-refractivity contribution in [3.05, 3.63) is 21.6 Å². The molecule has 0 atom stereocenters. The van der Waals surface area contributed by atoms with Crippen molar-refractivity contribution < 1.29 is 4.79 Å². The van der Waals surface area contributed by atoms with Crippen molar-refractivity contribution in [2.24, 2.45) is 0 Å². The summed E-state index contributed by atoms with van der Waals surface area (Å²) in [6, 6.07) is 0. The first-order valence-corrected chi connectivity index (χ1v) is 4.22. The second-order valence-electron chi connectivity index (χ2n) is 2.05. The smallest absolute Gasteiger partial charge is 0.150 e. The van der Waals surface area contributed by atoms with Crippen molar-refractivity contribution in [2.75, 3.05) is 0 Å². The van der Waals surface area contributed by atoms with E-state index in [2.05, 4.69) is 15.9 Å². The highest BCUT2D eigenvalue weighted by Gasteiger charge is 2.01. The third kappa shape index (κ3) is 3.06.